The molecule has 1 aliphatic rings. The normalized spacial score (nSPS) is 14.4. The second-order valence-corrected chi connectivity index (χ2v) is 10.6. The van der Waals surface area contributed by atoms with Gasteiger partial charge < -0.3 is 20.1 Å². The van der Waals surface area contributed by atoms with Gasteiger partial charge in [-0.15, -0.1) is 10.2 Å². The zero-order chi connectivity index (χ0) is 27.0. The van der Waals surface area contributed by atoms with E-state index in [0.717, 1.165) is 42.6 Å². The number of anilines is 1. The quantitative estimate of drug-likeness (QED) is 0.223. The highest BCUT2D eigenvalue weighted by atomic mass is 35.5. The number of carbonyl (C=O) groups excluding carboxylic acids is 1. The number of nitrogens with zero attached hydrogens (tertiary/aromatic N) is 3. The second-order valence-electron chi connectivity index (χ2n) is 10.2. The van der Waals surface area contributed by atoms with Crippen LogP contribution in [-0.4, -0.2) is 43.4 Å². The van der Waals surface area contributed by atoms with Crippen LogP contribution in [0.5, 0.6) is 5.75 Å². The van der Waals surface area contributed by atoms with E-state index in [4.69, 9.17) is 16.3 Å². The van der Waals surface area contributed by atoms with E-state index < -0.39 is 5.60 Å². The highest BCUT2D eigenvalue weighted by Gasteiger charge is 2.21. The zero-order valence-corrected chi connectivity index (χ0v) is 23.1. The Balaban J connectivity index is 1.37. The minimum absolute atomic E-state index is 0.175. The molecule has 4 rings (SSSR count). The van der Waals surface area contributed by atoms with Gasteiger partial charge in [-0.2, -0.15) is 0 Å². The van der Waals surface area contributed by atoms with Crippen LogP contribution in [-0.2, 0) is 6.42 Å². The van der Waals surface area contributed by atoms with Crippen molar-refractivity contribution in [3.8, 4) is 16.9 Å². The molecule has 3 aromatic rings. The summed E-state index contributed by atoms with van der Waals surface area (Å²) in [5, 5.41) is 22.1. The Morgan fingerprint density at radius 2 is 1.95 bits per heavy atom. The highest BCUT2D eigenvalue weighted by molar-refractivity contribution is 6.33. The standard InChI is InChI=1S/C29H38ClN5O3/c1-3-29(37,4-2)14-8-16-38-22-11-12-24(30)23(19-22)21-13-15-31-25(18-21)33-28(36)27-32-26(34-35-27)17-20-9-6-5-7-10-20/h11-13,15,18-20,37H,3-10,14,16-17H2,1-2H3,(H,31,33,36)(H,32,34,35). The molecule has 0 radical (unpaired) electrons. The summed E-state index contributed by atoms with van der Waals surface area (Å²) >= 11 is 6.51. The summed E-state index contributed by atoms with van der Waals surface area (Å²) in [4.78, 5) is 20.2. The SMILES string of the molecule is CCC(O)(CC)CCCOc1ccc(Cl)c(-c2ccnc(NC(=O)c3nnc(CC4CCCCC4)[nH]3)c2)c1. The predicted molar refractivity (Wildman–Crippen MR) is 150 cm³/mol. The van der Waals surface area contributed by atoms with E-state index >= 15 is 0 Å². The fraction of sp³-hybridized carbons (Fsp3) is 0.517. The first-order chi connectivity index (χ1) is 18.4. The Morgan fingerprint density at radius 3 is 2.71 bits per heavy atom. The number of nitrogens with one attached hydrogen (secondary N) is 2. The molecule has 1 saturated carbocycles. The summed E-state index contributed by atoms with van der Waals surface area (Å²) in [6.07, 6.45) is 11.6. The first-order valence-corrected chi connectivity index (χ1v) is 14.1. The van der Waals surface area contributed by atoms with Gasteiger partial charge in [0.05, 0.1) is 12.2 Å². The molecule has 0 aliphatic heterocycles. The minimum atomic E-state index is -0.630. The number of rotatable bonds is 12. The molecule has 0 spiro atoms. The number of hydrogen-bond acceptors (Lipinski definition) is 6. The average Bonchev–Trinajstić information content (AvgIpc) is 3.41. The number of amides is 1. The van der Waals surface area contributed by atoms with Crippen LogP contribution in [0.3, 0.4) is 0 Å². The van der Waals surface area contributed by atoms with Crippen LogP contribution in [0.25, 0.3) is 11.1 Å². The highest BCUT2D eigenvalue weighted by Crippen LogP contribution is 2.33. The van der Waals surface area contributed by atoms with E-state index in [1.807, 2.05) is 32.0 Å². The molecule has 3 N–H and O–H groups in total. The number of halogens is 1. The van der Waals surface area contributed by atoms with Crippen molar-refractivity contribution in [2.45, 2.75) is 83.7 Å². The molecule has 2 aromatic heterocycles. The molecule has 1 fully saturated rings. The molecular formula is C29H38ClN5O3. The van der Waals surface area contributed by atoms with Crippen molar-refractivity contribution in [1.82, 2.24) is 20.2 Å². The maximum atomic E-state index is 12.8. The van der Waals surface area contributed by atoms with Gasteiger partial charge in [0, 0.05) is 23.2 Å². The Kier molecular flexibility index (Phi) is 9.74. The number of H-pyrrole nitrogens is 1. The number of aliphatic hydroxyl groups is 1. The fourth-order valence-corrected chi connectivity index (χ4v) is 5.23. The molecule has 0 unspecified atom stereocenters. The molecule has 1 aliphatic carbocycles. The van der Waals surface area contributed by atoms with Crippen LogP contribution in [0.15, 0.2) is 36.5 Å². The topological polar surface area (TPSA) is 113 Å². The molecule has 38 heavy (non-hydrogen) atoms. The molecule has 0 saturated heterocycles. The monoisotopic (exact) mass is 539 g/mol. The van der Waals surface area contributed by atoms with Gasteiger partial charge in [-0.05, 0) is 67.5 Å². The Hall–Kier alpha value is -2.97. The van der Waals surface area contributed by atoms with Crippen molar-refractivity contribution in [3.05, 3.63) is 53.2 Å². The number of hydrogen-bond donors (Lipinski definition) is 3. The van der Waals surface area contributed by atoms with E-state index in [0.29, 0.717) is 35.5 Å². The van der Waals surface area contributed by atoms with E-state index in [2.05, 4.69) is 25.5 Å². The Bertz CT molecular complexity index is 1200. The van der Waals surface area contributed by atoms with Gasteiger partial charge in [0.1, 0.15) is 17.4 Å². The van der Waals surface area contributed by atoms with Crippen LogP contribution in [0.1, 0.15) is 88.1 Å². The van der Waals surface area contributed by atoms with Crippen molar-refractivity contribution >= 4 is 23.3 Å². The third-order valence-electron chi connectivity index (χ3n) is 7.58. The number of ether oxygens (including phenoxy) is 1. The number of pyridine rings is 1. The number of aromatic nitrogens is 4. The molecule has 0 bridgehead atoms. The molecule has 1 amide bonds. The van der Waals surface area contributed by atoms with Crippen LogP contribution in [0.2, 0.25) is 5.02 Å². The molecule has 2 heterocycles. The maximum Gasteiger partial charge on any atom is 0.294 e. The lowest BCUT2D eigenvalue weighted by Gasteiger charge is -2.24. The summed E-state index contributed by atoms with van der Waals surface area (Å²) in [7, 11) is 0. The molecule has 1 aromatic carbocycles. The first kappa shape index (κ1) is 28.0. The van der Waals surface area contributed by atoms with Gasteiger partial charge in [0.15, 0.2) is 0 Å². The molecule has 0 atom stereocenters. The smallest absolute Gasteiger partial charge is 0.294 e. The van der Waals surface area contributed by atoms with Crippen LogP contribution >= 0.6 is 11.6 Å². The van der Waals surface area contributed by atoms with Gasteiger partial charge in [0.2, 0.25) is 5.82 Å². The average molecular weight is 540 g/mol. The van der Waals surface area contributed by atoms with Crippen molar-refractivity contribution < 1.29 is 14.6 Å². The lowest BCUT2D eigenvalue weighted by atomic mass is 9.87. The maximum absolute atomic E-state index is 12.8. The lowest BCUT2D eigenvalue weighted by molar-refractivity contribution is 0.0185. The Labute approximate surface area is 229 Å². The molecule has 9 heteroatoms. The second kappa shape index (κ2) is 13.2. The molecule has 204 valence electrons. The van der Waals surface area contributed by atoms with Crippen molar-refractivity contribution in [3.63, 3.8) is 0 Å². The lowest BCUT2D eigenvalue weighted by Crippen LogP contribution is -2.26. The van der Waals surface area contributed by atoms with E-state index in [9.17, 15) is 9.90 Å². The summed E-state index contributed by atoms with van der Waals surface area (Å²) in [6, 6.07) is 9.10. The van der Waals surface area contributed by atoms with Crippen LogP contribution < -0.4 is 10.1 Å². The zero-order valence-electron chi connectivity index (χ0n) is 22.3. The van der Waals surface area contributed by atoms with Crippen molar-refractivity contribution in [1.29, 1.82) is 0 Å². The third kappa shape index (κ3) is 7.54. The van der Waals surface area contributed by atoms with Crippen molar-refractivity contribution in [2.75, 3.05) is 11.9 Å². The fourth-order valence-electron chi connectivity index (χ4n) is 5.01. The van der Waals surface area contributed by atoms with E-state index in [-0.39, 0.29) is 11.7 Å². The molecule has 8 nitrogen and oxygen atoms in total. The Morgan fingerprint density at radius 1 is 1.16 bits per heavy atom. The number of benzene rings is 1. The van der Waals surface area contributed by atoms with Gasteiger partial charge in [-0.25, -0.2) is 4.98 Å². The van der Waals surface area contributed by atoms with Gasteiger partial charge in [0.25, 0.3) is 5.91 Å². The minimum Gasteiger partial charge on any atom is -0.494 e. The van der Waals surface area contributed by atoms with E-state index in [1.54, 1.807) is 18.3 Å². The van der Waals surface area contributed by atoms with Gasteiger partial charge in [-0.1, -0.05) is 57.6 Å². The van der Waals surface area contributed by atoms with E-state index in [1.165, 1.54) is 32.1 Å². The molecular weight excluding hydrogens is 502 g/mol. The summed E-state index contributed by atoms with van der Waals surface area (Å²) < 4.78 is 5.94. The largest absolute Gasteiger partial charge is 0.494 e. The van der Waals surface area contributed by atoms with Crippen molar-refractivity contribution in [2.24, 2.45) is 5.92 Å². The number of carbonyl (C=O) groups is 1. The van der Waals surface area contributed by atoms with Gasteiger partial charge >= 0.3 is 0 Å². The predicted octanol–water partition coefficient (Wildman–Crippen LogP) is 6.61. The number of aromatic amines is 1. The summed E-state index contributed by atoms with van der Waals surface area (Å²) in [5.41, 5.74) is 0.942. The van der Waals surface area contributed by atoms with Gasteiger partial charge in [-0.3, -0.25) is 4.79 Å². The first-order valence-electron chi connectivity index (χ1n) is 13.7. The third-order valence-corrected chi connectivity index (χ3v) is 7.91. The van der Waals surface area contributed by atoms with Crippen LogP contribution in [0, 0.1) is 5.92 Å². The van der Waals surface area contributed by atoms with Crippen LogP contribution in [0.4, 0.5) is 5.82 Å². The summed E-state index contributed by atoms with van der Waals surface area (Å²) in [5.74, 6) is 2.22. The summed E-state index contributed by atoms with van der Waals surface area (Å²) in [6.45, 7) is 4.51.